The van der Waals surface area contributed by atoms with Crippen LogP contribution in [0.3, 0.4) is 0 Å². The predicted molar refractivity (Wildman–Crippen MR) is 48.3 cm³/mol. The Morgan fingerprint density at radius 1 is 1.64 bits per heavy atom. The molecule has 0 aromatic carbocycles. The van der Waals surface area contributed by atoms with Gasteiger partial charge in [0.1, 0.15) is 12.1 Å². The minimum Gasteiger partial charge on any atom is -0.464 e. The van der Waals surface area contributed by atoms with Crippen molar-refractivity contribution in [2.24, 2.45) is 0 Å². The highest BCUT2D eigenvalue weighted by atomic mass is 16.5. The van der Waals surface area contributed by atoms with Gasteiger partial charge in [-0.05, 0) is 0 Å². The Bertz CT molecular complexity index is 274. The largest absolute Gasteiger partial charge is 0.464 e. The summed E-state index contributed by atoms with van der Waals surface area (Å²) in [5, 5.41) is 12.1. The van der Waals surface area contributed by atoms with E-state index in [0.29, 0.717) is 13.2 Å². The summed E-state index contributed by atoms with van der Waals surface area (Å²) < 4.78 is 4.90. The normalized spacial score (nSPS) is 33.8. The maximum absolute atomic E-state index is 11.3. The van der Waals surface area contributed by atoms with E-state index in [4.69, 9.17) is 10.00 Å². The number of nitriles is 1. The molecule has 5 heteroatoms. The van der Waals surface area contributed by atoms with Crippen LogP contribution in [0.25, 0.3) is 0 Å². The molecule has 0 aromatic heterocycles. The second kappa shape index (κ2) is 3.95. The van der Waals surface area contributed by atoms with Crippen molar-refractivity contribution in [3.8, 4) is 6.07 Å². The van der Waals surface area contributed by atoms with E-state index in [1.54, 1.807) is 0 Å². The maximum atomic E-state index is 11.3. The molecule has 76 valence electrons. The lowest BCUT2D eigenvalue weighted by atomic mass is 10.1. The third kappa shape index (κ3) is 1.59. The van der Waals surface area contributed by atoms with Crippen molar-refractivity contribution >= 4 is 5.97 Å². The molecule has 0 amide bonds. The summed E-state index contributed by atoms with van der Waals surface area (Å²) in [6.07, 6.45) is 0.719. The van der Waals surface area contributed by atoms with Crippen molar-refractivity contribution < 1.29 is 9.53 Å². The molecule has 0 saturated carbocycles. The van der Waals surface area contributed by atoms with Gasteiger partial charge in [0.15, 0.2) is 0 Å². The van der Waals surface area contributed by atoms with Crippen molar-refractivity contribution in [3.63, 3.8) is 0 Å². The summed E-state index contributed by atoms with van der Waals surface area (Å²) in [6, 6.07) is 1.82. The molecule has 0 radical (unpaired) electrons. The van der Waals surface area contributed by atoms with E-state index in [2.05, 4.69) is 11.4 Å². The molecular weight excluding hydrogens is 182 g/mol. The first-order valence-corrected chi connectivity index (χ1v) is 4.85. The molecule has 0 spiro atoms. The monoisotopic (exact) mass is 195 g/mol. The second-order valence-electron chi connectivity index (χ2n) is 3.56. The van der Waals surface area contributed by atoms with Gasteiger partial charge in [0.05, 0.1) is 12.7 Å². The lowest BCUT2D eigenvalue weighted by Gasteiger charge is -2.34. The molecule has 2 unspecified atom stereocenters. The van der Waals surface area contributed by atoms with Gasteiger partial charge in [-0.3, -0.25) is 9.69 Å². The van der Waals surface area contributed by atoms with Crippen LogP contribution < -0.4 is 5.32 Å². The van der Waals surface area contributed by atoms with Gasteiger partial charge in [-0.25, -0.2) is 0 Å². The van der Waals surface area contributed by atoms with E-state index in [1.807, 2.05) is 4.90 Å². The van der Waals surface area contributed by atoms with Crippen LogP contribution in [0.15, 0.2) is 0 Å². The summed E-state index contributed by atoms with van der Waals surface area (Å²) >= 11 is 0. The first-order chi connectivity index (χ1) is 6.83. The van der Waals surface area contributed by atoms with Crippen molar-refractivity contribution in [1.29, 1.82) is 5.26 Å². The first kappa shape index (κ1) is 9.44. The van der Waals surface area contributed by atoms with Gasteiger partial charge in [-0.1, -0.05) is 0 Å². The van der Waals surface area contributed by atoms with Gasteiger partial charge in [0.2, 0.25) is 0 Å². The molecule has 2 aliphatic heterocycles. The van der Waals surface area contributed by atoms with Crippen LogP contribution in [-0.4, -0.2) is 49.2 Å². The summed E-state index contributed by atoms with van der Waals surface area (Å²) in [6.45, 7) is 2.71. The fraction of sp³-hybridized carbons (Fsp3) is 0.778. The van der Waals surface area contributed by atoms with Gasteiger partial charge in [0.25, 0.3) is 0 Å². The Morgan fingerprint density at radius 3 is 3.14 bits per heavy atom. The highest BCUT2D eigenvalue weighted by Gasteiger charge is 2.37. The number of ether oxygens (including phenoxy) is 1. The SMILES string of the molecule is N#CC1CNCCN1C1CCOC1=O. The molecule has 2 atom stereocenters. The number of carbonyl (C=O) groups excluding carboxylic acids is 1. The second-order valence-corrected chi connectivity index (χ2v) is 3.56. The van der Waals surface area contributed by atoms with Crippen LogP contribution in [0.5, 0.6) is 0 Å². The molecule has 2 aliphatic rings. The highest BCUT2D eigenvalue weighted by molar-refractivity contribution is 5.77. The van der Waals surface area contributed by atoms with Crippen molar-refractivity contribution in [1.82, 2.24) is 10.2 Å². The number of carbonyl (C=O) groups is 1. The van der Waals surface area contributed by atoms with Crippen LogP contribution in [0.2, 0.25) is 0 Å². The fourth-order valence-electron chi connectivity index (χ4n) is 2.00. The molecule has 0 aliphatic carbocycles. The lowest BCUT2D eigenvalue weighted by molar-refractivity contribution is -0.142. The Balaban J connectivity index is 2.07. The quantitative estimate of drug-likeness (QED) is 0.549. The molecule has 2 rings (SSSR count). The average molecular weight is 195 g/mol. The van der Waals surface area contributed by atoms with Gasteiger partial charge in [-0.2, -0.15) is 5.26 Å². The number of hydrogen-bond acceptors (Lipinski definition) is 5. The zero-order valence-electron chi connectivity index (χ0n) is 7.90. The molecule has 0 bridgehead atoms. The minimum atomic E-state index is -0.195. The number of esters is 1. The topological polar surface area (TPSA) is 65.4 Å². The smallest absolute Gasteiger partial charge is 0.323 e. The molecule has 5 nitrogen and oxygen atoms in total. The summed E-state index contributed by atoms with van der Waals surface area (Å²) in [4.78, 5) is 13.3. The van der Waals surface area contributed by atoms with Crippen molar-refractivity contribution in [3.05, 3.63) is 0 Å². The van der Waals surface area contributed by atoms with E-state index in [1.165, 1.54) is 0 Å². The molecule has 14 heavy (non-hydrogen) atoms. The molecule has 1 N–H and O–H groups in total. The number of piperazine rings is 1. The third-order valence-electron chi connectivity index (χ3n) is 2.74. The van der Waals surface area contributed by atoms with Gasteiger partial charge in [0, 0.05) is 26.1 Å². The number of nitrogens with zero attached hydrogens (tertiary/aromatic N) is 2. The maximum Gasteiger partial charge on any atom is 0.323 e. The Labute approximate surface area is 82.6 Å². The molecule has 0 aromatic rings. The van der Waals surface area contributed by atoms with Crippen LogP contribution >= 0.6 is 0 Å². The highest BCUT2D eigenvalue weighted by Crippen LogP contribution is 2.17. The summed E-state index contributed by atoms with van der Waals surface area (Å²) in [7, 11) is 0. The standard InChI is InChI=1S/C9H13N3O2/c10-5-7-6-11-2-3-12(7)8-1-4-14-9(8)13/h7-8,11H,1-4,6H2. The average Bonchev–Trinajstić information content (AvgIpc) is 2.64. The van der Waals surface area contributed by atoms with Gasteiger partial charge >= 0.3 is 5.97 Å². The van der Waals surface area contributed by atoms with Crippen LogP contribution in [-0.2, 0) is 9.53 Å². The van der Waals surface area contributed by atoms with E-state index in [-0.39, 0.29) is 18.1 Å². The number of cyclic esters (lactones) is 1. The molecule has 2 heterocycles. The molecule has 2 saturated heterocycles. The van der Waals surface area contributed by atoms with Crippen molar-refractivity contribution in [2.75, 3.05) is 26.2 Å². The van der Waals surface area contributed by atoms with Gasteiger partial charge < -0.3 is 10.1 Å². The third-order valence-corrected chi connectivity index (χ3v) is 2.74. The van der Waals surface area contributed by atoms with E-state index in [9.17, 15) is 4.79 Å². The van der Waals surface area contributed by atoms with E-state index in [0.717, 1.165) is 19.5 Å². The lowest BCUT2D eigenvalue weighted by Crippen LogP contribution is -2.55. The van der Waals surface area contributed by atoms with Gasteiger partial charge in [-0.15, -0.1) is 0 Å². The molecular formula is C9H13N3O2. The van der Waals surface area contributed by atoms with Crippen LogP contribution in [0.1, 0.15) is 6.42 Å². The Kier molecular flexibility index (Phi) is 2.66. The number of hydrogen-bond donors (Lipinski definition) is 1. The van der Waals surface area contributed by atoms with E-state index >= 15 is 0 Å². The van der Waals surface area contributed by atoms with Crippen LogP contribution in [0.4, 0.5) is 0 Å². The summed E-state index contributed by atoms with van der Waals surface area (Å²) in [5.41, 5.74) is 0. The number of rotatable bonds is 1. The Morgan fingerprint density at radius 2 is 2.50 bits per heavy atom. The number of nitrogens with one attached hydrogen (secondary N) is 1. The predicted octanol–water partition coefficient (Wildman–Crippen LogP) is -0.901. The Hall–Kier alpha value is -1.12. The molecule has 2 fully saturated rings. The first-order valence-electron chi connectivity index (χ1n) is 4.85. The van der Waals surface area contributed by atoms with Crippen LogP contribution in [0, 0.1) is 11.3 Å². The van der Waals surface area contributed by atoms with Crippen molar-refractivity contribution in [2.45, 2.75) is 18.5 Å². The van der Waals surface area contributed by atoms with E-state index < -0.39 is 0 Å². The summed E-state index contributed by atoms with van der Waals surface area (Å²) in [5.74, 6) is -0.174. The zero-order chi connectivity index (χ0) is 9.97. The fourth-order valence-corrected chi connectivity index (χ4v) is 2.00. The zero-order valence-corrected chi connectivity index (χ0v) is 7.90. The minimum absolute atomic E-state index is 0.174.